The summed E-state index contributed by atoms with van der Waals surface area (Å²) in [5.74, 6) is -2.91. The summed E-state index contributed by atoms with van der Waals surface area (Å²) in [5.41, 5.74) is 1.72. The molecule has 1 aromatic heterocycles. The zero-order valence-corrected chi connectivity index (χ0v) is 17.0. The van der Waals surface area contributed by atoms with Crippen LogP contribution in [0.2, 0.25) is 0 Å². The number of likely N-dealkylation sites (tertiary alicyclic amines) is 1. The number of nitriles is 1. The lowest BCUT2D eigenvalue weighted by molar-refractivity contribution is -0.152. The number of esters is 1. The average molecular weight is 411 g/mol. The fourth-order valence-electron chi connectivity index (χ4n) is 3.29. The first-order valence-corrected chi connectivity index (χ1v) is 10.1. The fourth-order valence-corrected chi connectivity index (χ4v) is 4.15. The predicted molar refractivity (Wildman–Crippen MR) is 106 cm³/mol. The first kappa shape index (κ1) is 20.7. The molecule has 0 aliphatic carbocycles. The summed E-state index contributed by atoms with van der Waals surface area (Å²) in [7, 11) is 0. The molecule has 8 heteroatoms. The first-order chi connectivity index (χ1) is 13.9. The summed E-state index contributed by atoms with van der Waals surface area (Å²) in [5, 5.41) is 11.4. The van der Waals surface area contributed by atoms with Crippen molar-refractivity contribution in [3.63, 3.8) is 0 Å². The molecule has 0 N–H and O–H groups in total. The van der Waals surface area contributed by atoms with E-state index in [4.69, 9.17) is 4.74 Å². The summed E-state index contributed by atoms with van der Waals surface area (Å²) in [6.45, 7) is 3.43. The highest BCUT2D eigenvalue weighted by atomic mass is 32.1. The van der Waals surface area contributed by atoms with Gasteiger partial charge in [0.15, 0.2) is 18.3 Å². The van der Waals surface area contributed by atoms with Crippen LogP contribution in [-0.4, -0.2) is 40.7 Å². The number of thiazole rings is 1. The quantitative estimate of drug-likeness (QED) is 0.650. The van der Waals surface area contributed by atoms with Gasteiger partial charge in [-0.15, -0.1) is 11.3 Å². The zero-order chi connectivity index (χ0) is 21.0. The Morgan fingerprint density at radius 1 is 1.38 bits per heavy atom. The van der Waals surface area contributed by atoms with Gasteiger partial charge in [0, 0.05) is 24.0 Å². The Bertz CT molecular complexity index is 950. The third-order valence-electron chi connectivity index (χ3n) is 4.93. The van der Waals surface area contributed by atoms with Crippen LogP contribution in [0.15, 0.2) is 35.7 Å². The third-order valence-corrected chi connectivity index (χ3v) is 5.96. The monoisotopic (exact) mass is 411 g/mol. The number of benzene rings is 1. The van der Waals surface area contributed by atoms with Crippen LogP contribution in [0, 0.1) is 24.2 Å². The molecule has 0 saturated carbocycles. The Balaban J connectivity index is 1.57. The van der Waals surface area contributed by atoms with Crippen molar-refractivity contribution >= 4 is 29.0 Å². The van der Waals surface area contributed by atoms with E-state index in [0.29, 0.717) is 5.01 Å². The summed E-state index contributed by atoms with van der Waals surface area (Å²) in [4.78, 5) is 42.9. The van der Waals surface area contributed by atoms with Crippen LogP contribution in [0.1, 0.15) is 41.6 Å². The number of aromatic nitrogens is 1. The molecule has 29 heavy (non-hydrogen) atoms. The number of nitrogens with zero attached hydrogens (tertiary/aromatic N) is 3. The molecule has 0 unspecified atom stereocenters. The largest absolute Gasteiger partial charge is 0.457 e. The minimum atomic E-state index is -1.05. The molecule has 0 spiro atoms. The Morgan fingerprint density at radius 3 is 2.72 bits per heavy atom. The van der Waals surface area contributed by atoms with Gasteiger partial charge in [0.2, 0.25) is 5.91 Å². The summed E-state index contributed by atoms with van der Waals surface area (Å²) in [6, 6.07) is 11.3. The standard InChI is InChI=1S/C21H21N3O4S/c1-13-12-29-20(23-13)17(9-22)18(25)11-28-21(27)16-8-19(26)24(10-16)14(2)15-6-4-3-5-7-15/h3-7,12,14,16-17H,8,10-11H2,1-2H3/t14-,16-,17-/m0/s1. The lowest BCUT2D eigenvalue weighted by atomic mass is 10.1. The topological polar surface area (TPSA) is 100 Å². The van der Waals surface area contributed by atoms with Crippen LogP contribution in [-0.2, 0) is 19.1 Å². The summed E-state index contributed by atoms with van der Waals surface area (Å²) >= 11 is 1.23. The molecule has 0 radical (unpaired) electrons. The number of ether oxygens (including phenoxy) is 1. The zero-order valence-electron chi connectivity index (χ0n) is 16.2. The Labute approximate surface area is 172 Å². The molecule has 1 aliphatic rings. The van der Waals surface area contributed by atoms with Crippen LogP contribution in [0.25, 0.3) is 0 Å². The molecular formula is C21H21N3O4S. The molecule has 2 aromatic rings. The van der Waals surface area contributed by atoms with Gasteiger partial charge in [0.05, 0.1) is 18.0 Å². The van der Waals surface area contributed by atoms with Gasteiger partial charge in [-0.05, 0) is 19.4 Å². The molecule has 1 amide bonds. The summed E-state index contributed by atoms with van der Waals surface area (Å²) in [6.07, 6.45) is 0.0531. The number of amides is 1. The van der Waals surface area contributed by atoms with E-state index in [9.17, 15) is 19.6 Å². The number of ketones is 1. The van der Waals surface area contributed by atoms with Gasteiger partial charge in [-0.3, -0.25) is 14.4 Å². The number of rotatable bonds is 7. The minimum absolute atomic E-state index is 0.0531. The molecule has 1 saturated heterocycles. The Hall–Kier alpha value is -3.05. The van der Waals surface area contributed by atoms with Crippen molar-refractivity contribution in [2.45, 2.75) is 32.2 Å². The molecule has 1 aliphatic heterocycles. The Kier molecular flexibility index (Phi) is 6.39. The second-order valence-corrected chi connectivity index (χ2v) is 7.89. The molecular weight excluding hydrogens is 390 g/mol. The van der Waals surface area contributed by atoms with Crippen molar-refractivity contribution in [3.05, 3.63) is 52.0 Å². The van der Waals surface area contributed by atoms with Crippen LogP contribution < -0.4 is 0 Å². The maximum Gasteiger partial charge on any atom is 0.311 e. The van der Waals surface area contributed by atoms with Crippen LogP contribution in [0.5, 0.6) is 0 Å². The minimum Gasteiger partial charge on any atom is -0.457 e. The number of hydrogen-bond donors (Lipinski definition) is 0. The van der Waals surface area contributed by atoms with Crippen LogP contribution in [0.4, 0.5) is 0 Å². The maximum absolute atomic E-state index is 12.4. The number of aryl methyl sites for hydroxylation is 1. The molecule has 3 atom stereocenters. The highest BCUT2D eigenvalue weighted by Crippen LogP contribution is 2.29. The number of Topliss-reactive ketones (excluding diaryl/α,β-unsaturated/α-hetero) is 1. The second kappa shape index (κ2) is 8.97. The SMILES string of the molecule is Cc1csc([C@@H](C#N)C(=O)COC(=O)[C@H]2CC(=O)N([C@@H](C)c3ccccc3)C2)n1. The molecule has 2 heterocycles. The van der Waals surface area contributed by atoms with Crippen molar-refractivity contribution in [2.24, 2.45) is 5.92 Å². The van der Waals surface area contributed by atoms with Crippen LogP contribution >= 0.6 is 11.3 Å². The summed E-state index contributed by atoms with van der Waals surface area (Å²) < 4.78 is 5.14. The maximum atomic E-state index is 12.4. The number of hydrogen-bond acceptors (Lipinski definition) is 7. The van der Waals surface area contributed by atoms with Crippen molar-refractivity contribution in [1.82, 2.24) is 9.88 Å². The molecule has 150 valence electrons. The van der Waals surface area contributed by atoms with E-state index in [-0.39, 0.29) is 24.9 Å². The lowest BCUT2D eigenvalue weighted by Gasteiger charge is -2.25. The van der Waals surface area contributed by atoms with E-state index in [1.807, 2.05) is 43.3 Å². The van der Waals surface area contributed by atoms with Gasteiger partial charge in [0.25, 0.3) is 0 Å². The lowest BCUT2D eigenvalue weighted by Crippen LogP contribution is -2.30. The molecule has 0 bridgehead atoms. The van der Waals surface area contributed by atoms with Crippen molar-refractivity contribution in [2.75, 3.05) is 13.2 Å². The molecule has 3 rings (SSSR count). The Morgan fingerprint density at radius 2 is 2.10 bits per heavy atom. The highest BCUT2D eigenvalue weighted by Gasteiger charge is 2.38. The van der Waals surface area contributed by atoms with Crippen molar-refractivity contribution < 1.29 is 19.1 Å². The highest BCUT2D eigenvalue weighted by molar-refractivity contribution is 7.09. The third kappa shape index (κ3) is 4.69. The second-order valence-electron chi connectivity index (χ2n) is 7.00. The van der Waals surface area contributed by atoms with E-state index in [1.54, 1.807) is 17.2 Å². The predicted octanol–water partition coefficient (Wildman–Crippen LogP) is 2.78. The van der Waals surface area contributed by atoms with Gasteiger partial charge >= 0.3 is 5.97 Å². The fraction of sp³-hybridized carbons (Fsp3) is 0.381. The van der Waals surface area contributed by atoms with E-state index in [1.165, 1.54) is 11.3 Å². The van der Waals surface area contributed by atoms with Gasteiger partial charge in [-0.2, -0.15) is 5.26 Å². The van der Waals surface area contributed by atoms with Crippen molar-refractivity contribution in [3.8, 4) is 6.07 Å². The first-order valence-electron chi connectivity index (χ1n) is 9.26. The number of carbonyl (C=O) groups is 3. The number of carbonyl (C=O) groups excluding carboxylic acids is 3. The van der Waals surface area contributed by atoms with E-state index in [2.05, 4.69) is 4.98 Å². The van der Waals surface area contributed by atoms with Gasteiger partial charge in [-0.25, -0.2) is 4.98 Å². The molecule has 7 nitrogen and oxygen atoms in total. The van der Waals surface area contributed by atoms with Gasteiger partial charge < -0.3 is 9.64 Å². The van der Waals surface area contributed by atoms with Gasteiger partial charge in [0.1, 0.15) is 5.01 Å². The molecule has 1 fully saturated rings. The van der Waals surface area contributed by atoms with Crippen LogP contribution in [0.3, 0.4) is 0 Å². The smallest absolute Gasteiger partial charge is 0.311 e. The van der Waals surface area contributed by atoms with Crippen molar-refractivity contribution in [1.29, 1.82) is 5.26 Å². The van der Waals surface area contributed by atoms with E-state index in [0.717, 1.165) is 11.3 Å². The van der Waals surface area contributed by atoms with E-state index >= 15 is 0 Å². The molecule has 1 aromatic carbocycles. The normalized spacial score (nSPS) is 18.2. The van der Waals surface area contributed by atoms with Gasteiger partial charge in [-0.1, -0.05) is 30.3 Å². The van der Waals surface area contributed by atoms with E-state index < -0.39 is 30.2 Å². The average Bonchev–Trinajstić information content (AvgIpc) is 3.32.